The van der Waals surface area contributed by atoms with Gasteiger partial charge in [0.2, 0.25) is 10.0 Å². The SMILES string of the molecule is CCc1ccc(S(=O)(=O)N2CCN(c3ccc(C)cc3C)CC2)cc1. The normalized spacial score (nSPS) is 16.2. The fourth-order valence-corrected chi connectivity index (χ4v) is 4.80. The first-order chi connectivity index (χ1) is 11.9. The molecule has 4 nitrogen and oxygen atoms in total. The van der Waals surface area contributed by atoms with Crippen molar-refractivity contribution in [1.29, 1.82) is 0 Å². The summed E-state index contributed by atoms with van der Waals surface area (Å²) in [7, 11) is -3.40. The van der Waals surface area contributed by atoms with E-state index < -0.39 is 10.0 Å². The number of rotatable bonds is 4. The summed E-state index contributed by atoms with van der Waals surface area (Å²) in [6.07, 6.45) is 0.912. The van der Waals surface area contributed by atoms with Gasteiger partial charge in [0.1, 0.15) is 0 Å². The van der Waals surface area contributed by atoms with Gasteiger partial charge in [0, 0.05) is 31.9 Å². The molecule has 1 aliphatic rings. The number of benzene rings is 2. The first kappa shape index (κ1) is 18.0. The van der Waals surface area contributed by atoms with Crippen LogP contribution >= 0.6 is 0 Å². The van der Waals surface area contributed by atoms with E-state index in [4.69, 9.17) is 0 Å². The average molecular weight is 359 g/mol. The van der Waals surface area contributed by atoms with Crippen molar-refractivity contribution < 1.29 is 8.42 Å². The molecule has 1 heterocycles. The second-order valence-electron chi connectivity index (χ2n) is 6.68. The molecule has 25 heavy (non-hydrogen) atoms. The molecule has 1 aliphatic heterocycles. The van der Waals surface area contributed by atoms with Crippen LogP contribution in [0.15, 0.2) is 47.4 Å². The largest absolute Gasteiger partial charge is 0.369 e. The van der Waals surface area contributed by atoms with Crippen LogP contribution in [0.3, 0.4) is 0 Å². The van der Waals surface area contributed by atoms with E-state index in [-0.39, 0.29) is 0 Å². The molecular weight excluding hydrogens is 332 g/mol. The van der Waals surface area contributed by atoms with Gasteiger partial charge in [-0.3, -0.25) is 0 Å². The van der Waals surface area contributed by atoms with Gasteiger partial charge in [-0.05, 0) is 49.6 Å². The van der Waals surface area contributed by atoms with Crippen molar-refractivity contribution >= 4 is 15.7 Å². The Balaban J connectivity index is 1.72. The number of piperazine rings is 1. The summed E-state index contributed by atoms with van der Waals surface area (Å²) in [5, 5.41) is 0. The molecule has 0 spiro atoms. The maximum atomic E-state index is 12.8. The minimum atomic E-state index is -3.40. The number of hydrogen-bond donors (Lipinski definition) is 0. The lowest BCUT2D eigenvalue weighted by molar-refractivity contribution is 0.384. The van der Waals surface area contributed by atoms with Crippen molar-refractivity contribution in [1.82, 2.24) is 4.31 Å². The zero-order chi connectivity index (χ0) is 18.0. The Morgan fingerprint density at radius 3 is 2.12 bits per heavy atom. The standard InChI is InChI=1S/C20H26N2O2S/c1-4-18-6-8-19(9-7-18)25(23,24)22-13-11-21(12-14-22)20-10-5-16(2)15-17(20)3/h5-10,15H,4,11-14H2,1-3H3. The van der Waals surface area contributed by atoms with Gasteiger partial charge in [-0.1, -0.05) is 36.8 Å². The summed E-state index contributed by atoms with van der Waals surface area (Å²) >= 11 is 0. The first-order valence-corrected chi connectivity index (χ1v) is 10.3. The molecule has 1 fully saturated rings. The lowest BCUT2D eigenvalue weighted by atomic mass is 10.1. The van der Waals surface area contributed by atoms with Crippen LogP contribution in [0.4, 0.5) is 5.69 Å². The minimum absolute atomic E-state index is 0.393. The molecule has 1 saturated heterocycles. The highest BCUT2D eigenvalue weighted by Crippen LogP contribution is 2.24. The van der Waals surface area contributed by atoms with Gasteiger partial charge in [-0.25, -0.2) is 8.42 Å². The Labute approximate surface area is 151 Å². The Bertz CT molecular complexity index is 836. The predicted octanol–water partition coefficient (Wildman–Crippen LogP) is 3.38. The summed E-state index contributed by atoms with van der Waals surface area (Å²) in [6, 6.07) is 13.7. The Morgan fingerprint density at radius 2 is 1.56 bits per heavy atom. The van der Waals surface area contributed by atoms with E-state index in [1.807, 2.05) is 12.1 Å². The summed E-state index contributed by atoms with van der Waals surface area (Å²) in [5.41, 5.74) is 4.85. The van der Waals surface area contributed by atoms with Crippen molar-refractivity contribution in [2.75, 3.05) is 31.1 Å². The molecule has 2 aromatic rings. The van der Waals surface area contributed by atoms with Crippen LogP contribution < -0.4 is 4.90 Å². The molecule has 0 aliphatic carbocycles. The van der Waals surface area contributed by atoms with E-state index in [2.05, 4.69) is 43.9 Å². The summed E-state index contributed by atoms with van der Waals surface area (Å²) < 4.78 is 27.3. The van der Waals surface area contributed by atoms with E-state index in [0.717, 1.165) is 25.1 Å². The molecule has 134 valence electrons. The van der Waals surface area contributed by atoms with Gasteiger partial charge in [0.25, 0.3) is 0 Å². The van der Waals surface area contributed by atoms with E-state index in [9.17, 15) is 8.42 Å². The molecule has 5 heteroatoms. The number of nitrogens with zero attached hydrogens (tertiary/aromatic N) is 2. The van der Waals surface area contributed by atoms with Crippen LogP contribution in [0, 0.1) is 13.8 Å². The van der Waals surface area contributed by atoms with Crippen molar-refractivity contribution in [3.8, 4) is 0 Å². The highest BCUT2D eigenvalue weighted by Gasteiger charge is 2.28. The Morgan fingerprint density at radius 1 is 0.920 bits per heavy atom. The van der Waals surface area contributed by atoms with Gasteiger partial charge < -0.3 is 4.90 Å². The first-order valence-electron chi connectivity index (χ1n) is 8.83. The van der Waals surface area contributed by atoms with Crippen LogP contribution in [0.1, 0.15) is 23.6 Å². The van der Waals surface area contributed by atoms with Crippen molar-refractivity contribution in [2.45, 2.75) is 32.1 Å². The van der Waals surface area contributed by atoms with E-state index in [1.54, 1.807) is 16.4 Å². The van der Waals surface area contributed by atoms with Crippen LogP contribution in [-0.4, -0.2) is 38.9 Å². The minimum Gasteiger partial charge on any atom is -0.369 e. The third-order valence-electron chi connectivity index (χ3n) is 4.90. The van der Waals surface area contributed by atoms with E-state index in [0.29, 0.717) is 18.0 Å². The van der Waals surface area contributed by atoms with Crippen molar-refractivity contribution in [3.05, 3.63) is 59.2 Å². The fraction of sp³-hybridized carbons (Fsp3) is 0.400. The highest BCUT2D eigenvalue weighted by molar-refractivity contribution is 7.89. The van der Waals surface area contributed by atoms with Crippen LogP contribution in [0.25, 0.3) is 0 Å². The van der Waals surface area contributed by atoms with Crippen LogP contribution in [0.5, 0.6) is 0 Å². The van der Waals surface area contributed by atoms with Gasteiger partial charge in [-0.15, -0.1) is 0 Å². The third-order valence-corrected chi connectivity index (χ3v) is 6.81. The number of hydrogen-bond acceptors (Lipinski definition) is 3. The fourth-order valence-electron chi connectivity index (χ4n) is 3.38. The maximum Gasteiger partial charge on any atom is 0.243 e. The molecule has 0 amide bonds. The molecule has 0 aromatic heterocycles. The van der Waals surface area contributed by atoms with Gasteiger partial charge in [-0.2, -0.15) is 4.31 Å². The van der Waals surface area contributed by atoms with Crippen LogP contribution in [0.2, 0.25) is 0 Å². The predicted molar refractivity (Wildman–Crippen MR) is 103 cm³/mol. The summed E-state index contributed by atoms with van der Waals surface area (Å²) in [6.45, 7) is 8.74. The van der Waals surface area contributed by atoms with Gasteiger partial charge in [0.15, 0.2) is 0 Å². The van der Waals surface area contributed by atoms with Gasteiger partial charge in [0.05, 0.1) is 4.90 Å². The molecule has 2 aromatic carbocycles. The zero-order valence-electron chi connectivity index (χ0n) is 15.2. The number of aryl methyl sites for hydroxylation is 3. The van der Waals surface area contributed by atoms with E-state index >= 15 is 0 Å². The highest BCUT2D eigenvalue weighted by atomic mass is 32.2. The third kappa shape index (κ3) is 3.72. The van der Waals surface area contributed by atoms with Crippen molar-refractivity contribution in [2.24, 2.45) is 0 Å². The topological polar surface area (TPSA) is 40.6 Å². The molecule has 0 radical (unpaired) electrons. The number of sulfonamides is 1. The second kappa shape index (κ2) is 7.18. The second-order valence-corrected chi connectivity index (χ2v) is 8.62. The molecule has 0 N–H and O–H groups in total. The van der Waals surface area contributed by atoms with Gasteiger partial charge >= 0.3 is 0 Å². The molecule has 0 atom stereocenters. The Hall–Kier alpha value is -1.85. The lowest BCUT2D eigenvalue weighted by Crippen LogP contribution is -2.48. The van der Waals surface area contributed by atoms with E-state index in [1.165, 1.54) is 16.8 Å². The maximum absolute atomic E-state index is 12.8. The molecule has 0 saturated carbocycles. The molecule has 0 bridgehead atoms. The molecular formula is C20H26N2O2S. The quantitative estimate of drug-likeness (QED) is 0.841. The smallest absolute Gasteiger partial charge is 0.243 e. The molecule has 0 unspecified atom stereocenters. The number of anilines is 1. The summed E-state index contributed by atoms with van der Waals surface area (Å²) in [5.74, 6) is 0. The van der Waals surface area contributed by atoms with Crippen molar-refractivity contribution in [3.63, 3.8) is 0 Å². The lowest BCUT2D eigenvalue weighted by Gasteiger charge is -2.36. The monoisotopic (exact) mass is 358 g/mol. The van der Waals surface area contributed by atoms with Crippen LogP contribution in [-0.2, 0) is 16.4 Å². The Kier molecular flexibility index (Phi) is 5.16. The summed E-state index contributed by atoms with van der Waals surface area (Å²) in [4.78, 5) is 2.67. The zero-order valence-corrected chi connectivity index (χ0v) is 16.0. The molecule has 3 rings (SSSR count). The average Bonchev–Trinajstić information content (AvgIpc) is 2.62.